The highest BCUT2D eigenvalue weighted by Gasteiger charge is 2.18. The molecule has 1 unspecified atom stereocenters. The van der Waals surface area contributed by atoms with E-state index in [1.807, 2.05) is 18.2 Å². The minimum absolute atomic E-state index is 0.0276. The highest BCUT2D eigenvalue weighted by molar-refractivity contribution is 5.94. The molecule has 96 valence electrons. The number of fused-ring (bicyclic) bond motifs is 1. The summed E-state index contributed by atoms with van der Waals surface area (Å²) < 4.78 is 10.9. The number of hydrogen-bond donors (Lipinski definition) is 1. The van der Waals surface area contributed by atoms with E-state index in [0.29, 0.717) is 12.1 Å². The van der Waals surface area contributed by atoms with Crippen LogP contribution in [0.1, 0.15) is 28.8 Å². The molecule has 2 heterocycles. The lowest BCUT2D eigenvalue weighted by atomic mass is 10.1. The molecular formula is C14H17NO3. The monoisotopic (exact) mass is 247 g/mol. The Bertz CT molecular complexity index is 452. The van der Waals surface area contributed by atoms with Gasteiger partial charge in [0.05, 0.1) is 12.7 Å². The first-order valence-electron chi connectivity index (χ1n) is 6.48. The largest absolute Gasteiger partial charge is 0.493 e. The van der Waals surface area contributed by atoms with Crippen LogP contribution in [0.15, 0.2) is 18.2 Å². The third-order valence-corrected chi connectivity index (χ3v) is 3.47. The molecular weight excluding hydrogens is 230 g/mol. The minimum atomic E-state index is -0.0276. The maximum absolute atomic E-state index is 12.0. The molecule has 4 nitrogen and oxygen atoms in total. The van der Waals surface area contributed by atoms with Crippen molar-refractivity contribution in [2.75, 3.05) is 19.8 Å². The van der Waals surface area contributed by atoms with E-state index in [9.17, 15) is 4.79 Å². The van der Waals surface area contributed by atoms with Gasteiger partial charge in [-0.3, -0.25) is 4.79 Å². The summed E-state index contributed by atoms with van der Waals surface area (Å²) in [6, 6.07) is 5.62. The Hall–Kier alpha value is -1.55. The average molecular weight is 247 g/mol. The second-order valence-corrected chi connectivity index (χ2v) is 4.77. The van der Waals surface area contributed by atoms with Crippen molar-refractivity contribution in [1.29, 1.82) is 0 Å². The number of amides is 1. The third-order valence-electron chi connectivity index (χ3n) is 3.47. The number of benzene rings is 1. The number of ether oxygens (including phenoxy) is 2. The van der Waals surface area contributed by atoms with Gasteiger partial charge in [-0.15, -0.1) is 0 Å². The SMILES string of the molecule is O=C(NCC1CCCO1)c1ccc2c(c1)CCO2. The summed E-state index contributed by atoms with van der Waals surface area (Å²) in [4.78, 5) is 12.0. The van der Waals surface area contributed by atoms with Gasteiger partial charge in [0.25, 0.3) is 5.91 Å². The van der Waals surface area contributed by atoms with Crippen LogP contribution in [-0.4, -0.2) is 31.8 Å². The number of nitrogens with one attached hydrogen (secondary N) is 1. The maximum atomic E-state index is 12.0. The van der Waals surface area contributed by atoms with Crippen molar-refractivity contribution in [1.82, 2.24) is 5.32 Å². The summed E-state index contributed by atoms with van der Waals surface area (Å²) in [6.45, 7) is 2.14. The molecule has 1 atom stereocenters. The van der Waals surface area contributed by atoms with E-state index in [0.717, 1.165) is 43.8 Å². The third kappa shape index (κ3) is 2.34. The molecule has 4 heteroatoms. The summed E-state index contributed by atoms with van der Waals surface area (Å²) >= 11 is 0. The Balaban J connectivity index is 1.61. The average Bonchev–Trinajstić information content (AvgIpc) is 3.05. The van der Waals surface area contributed by atoms with E-state index in [4.69, 9.17) is 9.47 Å². The van der Waals surface area contributed by atoms with E-state index >= 15 is 0 Å². The standard InChI is InChI=1S/C14H17NO3/c16-14(15-9-12-2-1-6-17-12)11-3-4-13-10(8-11)5-7-18-13/h3-4,8,12H,1-2,5-7,9H2,(H,15,16). The van der Waals surface area contributed by atoms with E-state index < -0.39 is 0 Å². The van der Waals surface area contributed by atoms with Crippen molar-refractivity contribution in [2.24, 2.45) is 0 Å². The van der Waals surface area contributed by atoms with Crippen LogP contribution < -0.4 is 10.1 Å². The van der Waals surface area contributed by atoms with E-state index in [1.54, 1.807) is 0 Å². The lowest BCUT2D eigenvalue weighted by molar-refractivity contribution is 0.0857. The second-order valence-electron chi connectivity index (χ2n) is 4.77. The highest BCUT2D eigenvalue weighted by Crippen LogP contribution is 2.25. The predicted octanol–water partition coefficient (Wildman–Crippen LogP) is 1.53. The Labute approximate surface area is 106 Å². The fraction of sp³-hybridized carbons (Fsp3) is 0.500. The van der Waals surface area contributed by atoms with Gasteiger partial charge in [0, 0.05) is 25.1 Å². The first-order chi connectivity index (χ1) is 8.83. The molecule has 0 spiro atoms. The first kappa shape index (κ1) is 11.5. The van der Waals surface area contributed by atoms with Gasteiger partial charge in [-0.1, -0.05) is 0 Å². The van der Waals surface area contributed by atoms with Crippen LogP contribution in [0, 0.1) is 0 Å². The molecule has 0 radical (unpaired) electrons. The van der Waals surface area contributed by atoms with Crippen LogP contribution in [0.3, 0.4) is 0 Å². The summed E-state index contributed by atoms with van der Waals surface area (Å²) in [5.41, 5.74) is 1.83. The van der Waals surface area contributed by atoms with Crippen LogP contribution in [0.25, 0.3) is 0 Å². The van der Waals surface area contributed by atoms with Crippen molar-refractivity contribution in [3.8, 4) is 5.75 Å². The van der Waals surface area contributed by atoms with E-state index in [2.05, 4.69) is 5.32 Å². The quantitative estimate of drug-likeness (QED) is 0.881. The van der Waals surface area contributed by atoms with Gasteiger partial charge < -0.3 is 14.8 Å². The summed E-state index contributed by atoms with van der Waals surface area (Å²) in [6.07, 6.45) is 3.21. The zero-order valence-corrected chi connectivity index (χ0v) is 10.3. The lowest BCUT2D eigenvalue weighted by Crippen LogP contribution is -2.31. The molecule has 0 bridgehead atoms. The molecule has 1 N–H and O–H groups in total. The molecule has 2 aliphatic heterocycles. The van der Waals surface area contributed by atoms with E-state index in [1.165, 1.54) is 0 Å². The number of carbonyl (C=O) groups is 1. The van der Waals surface area contributed by atoms with Gasteiger partial charge in [0.15, 0.2) is 0 Å². The molecule has 1 saturated heterocycles. The number of rotatable bonds is 3. The van der Waals surface area contributed by atoms with Crippen LogP contribution in [0.4, 0.5) is 0 Å². The van der Waals surface area contributed by atoms with Gasteiger partial charge in [0.1, 0.15) is 5.75 Å². The van der Waals surface area contributed by atoms with Crippen molar-refractivity contribution in [3.63, 3.8) is 0 Å². The second kappa shape index (κ2) is 4.98. The van der Waals surface area contributed by atoms with Crippen molar-refractivity contribution in [3.05, 3.63) is 29.3 Å². The fourth-order valence-electron chi connectivity index (χ4n) is 2.44. The molecule has 2 aliphatic rings. The topological polar surface area (TPSA) is 47.6 Å². The van der Waals surface area contributed by atoms with Gasteiger partial charge in [0.2, 0.25) is 0 Å². The molecule has 18 heavy (non-hydrogen) atoms. The molecule has 0 aromatic heterocycles. The molecule has 0 aliphatic carbocycles. The Morgan fingerprint density at radius 2 is 2.33 bits per heavy atom. The molecule has 0 saturated carbocycles. The normalized spacial score (nSPS) is 21.4. The predicted molar refractivity (Wildman–Crippen MR) is 66.9 cm³/mol. The minimum Gasteiger partial charge on any atom is -0.493 e. The van der Waals surface area contributed by atoms with Crippen LogP contribution in [0.5, 0.6) is 5.75 Å². The van der Waals surface area contributed by atoms with Gasteiger partial charge in [-0.25, -0.2) is 0 Å². The molecule has 1 fully saturated rings. The Kier molecular flexibility index (Phi) is 3.19. The highest BCUT2D eigenvalue weighted by atomic mass is 16.5. The van der Waals surface area contributed by atoms with Crippen molar-refractivity contribution in [2.45, 2.75) is 25.4 Å². The summed E-state index contributed by atoms with van der Waals surface area (Å²) in [7, 11) is 0. The molecule has 3 rings (SSSR count). The molecule has 1 aromatic rings. The van der Waals surface area contributed by atoms with Crippen LogP contribution in [0.2, 0.25) is 0 Å². The van der Waals surface area contributed by atoms with Crippen molar-refractivity contribution >= 4 is 5.91 Å². The van der Waals surface area contributed by atoms with Gasteiger partial charge >= 0.3 is 0 Å². The summed E-state index contributed by atoms with van der Waals surface area (Å²) in [5, 5.41) is 2.93. The van der Waals surface area contributed by atoms with Crippen molar-refractivity contribution < 1.29 is 14.3 Å². The fourth-order valence-corrected chi connectivity index (χ4v) is 2.44. The zero-order valence-electron chi connectivity index (χ0n) is 10.3. The maximum Gasteiger partial charge on any atom is 0.251 e. The Morgan fingerprint density at radius 3 is 3.17 bits per heavy atom. The van der Waals surface area contributed by atoms with Crippen LogP contribution in [-0.2, 0) is 11.2 Å². The Morgan fingerprint density at radius 1 is 1.39 bits per heavy atom. The summed E-state index contributed by atoms with van der Waals surface area (Å²) in [5.74, 6) is 0.880. The zero-order chi connectivity index (χ0) is 12.4. The van der Waals surface area contributed by atoms with Gasteiger partial charge in [-0.2, -0.15) is 0 Å². The molecule has 1 aromatic carbocycles. The first-order valence-corrected chi connectivity index (χ1v) is 6.48. The molecule has 1 amide bonds. The van der Waals surface area contributed by atoms with Gasteiger partial charge in [-0.05, 0) is 36.6 Å². The van der Waals surface area contributed by atoms with Crippen LogP contribution >= 0.6 is 0 Å². The lowest BCUT2D eigenvalue weighted by Gasteiger charge is -2.11. The number of hydrogen-bond acceptors (Lipinski definition) is 3. The van der Waals surface area contributed by atoms with E-state index in [-0.39, 0.29) is 12.0 Å². The number of carbonyl (C=O) groups excluding carboxylic acids is 1. The smallest absolute Gasteiger partial charge is 0.251 e.